The standard InChI is InChI=1S/C9H8N2O/c12-8-3-4-9-7(6-8)2-1-5-10-11-9/h2-5H,1,6H2. The van der Waals surface area contributed by atoms with E-state index in [0.717, 1.165) is 17.7 Å². The summed E-state index contributed by atoms with van der Waals surface area (Å²) in [5.74, 6) is 0.141. The third-order valence-corrected chi connectivity index (χ3v) is 1.84. The number of fused-ring (bicyclic) bond motifs is 1. The topological polar surface area (TPSA) is 41.8 Å². The molecule has 60 valence electrons. The van der Waals surface area contributed by atoms with Gasteiger partial charge in [-0.15, -0.1) is 0 Å². The first-order valence-corrected chi connectivity index (χ1v) is 3.86. The van der Waals surface area contributed by atoms with Crippen LogP contribution in [0.2, 0.25) is 0 Å². The van der Waals surface area contributed by atoms with Gasteiger partial charge in [-0.3, -0.25) is 4.79 Å². The van der Waals surface area contributed by atoms with Gasteiger partial charge in [0.2, 0.25) is 0 Å². The number of hydrogen-bond acceptors (Lipinski definition) is 3. The molecule has 1 aliphatic heterocycles. The van der Waals surface area contributed by atoms with E-state index in [4.69, 9.17) is 0 Å². The number of carbonyl (C=O) groups is 1. The first-order valence-electron chi connectivity index (χ1n) is 3.86. The van der Waals surface area contributed by atoms with Crippen LogP contribution in [0.15, 0.2) is 34.0 Å². The second-order valence-corrected chi connectivity index (χ2v) is 2.72. The summed E-state index contributed by atoms with van der Waals surface area (Å²) in [5.41, 5.74) is 1.82. The monoisotopic (exact) mass is 160 g/mol. The van der Waals surface area contributed by atoms with E-state index in [1.54, 1.807) is 18.4 Å². The lowest BCUT2D eigenvalue weighted by Crippen LogP contribution is -2.10. The van der Waals surface area contributed by atoms with Crippen LogP contribution in [0, 0.1) is 0 Å². The van der Waals surface area contributed by atoms with Crippen molar-refractivity contribution in [1.29, 1.82) is 0 Å². The molecule has 2 aliphatic rings. The molecule has 0 radical (unpaired) electrons. The van der Waals surface area contributed by atoms with Crippen LogP contribution in [-0.2, 0) is 4.79 Å². The van der Waals surface area contributed by atoms with E-state index in [0.29, 0.717) is 6.42 Å². The van der Waals surface area contributed by atoms with E-state index < -0.39 is 0 Å². The average molecular weight is 160 g/mol. The lowest BCUT2D eigenvalue weighted by molar-refractivity contribution is -0.114. The Hall–Kier alpha value is -1.51. The van der Waals surface area contributed by atoms with Gasteiger partial charge in [-0.05, 0) is 17.7 Å². The molecule has 2 rings (SSSR count). The first kappa shape index (κ1) is 7.16. The summed E-state index contributed by atoms with van der Waals surface area (Å²) in [6.07, 6.45) is 8.24. The second kappa shape index (κ2) is 2.85. The van der Waals surface area contributed by atoms with E-state index in [9.17, 15) is 4.79 Å². The van der Waals surface area contributed by atoms with Crippen molar-refractivity contribution in [2.45, 2.75) is 12.8 Å². The average Bonchev–Trinajstić information content (AvgIpc) is 2.28. The molecule has 0 saturated carbocycles. The van der Waals surface area contributed by atoms with Gasteiger partial charge in [0.1, 0.15) is 0 Å². The van der Waals surface area contributed by atoms with Gasteiger partial charge in [0.15, 0.2) is 5.78 Å². The van der Waals surface area contributed by atoms with Crippen molar-refractivity contribution >= 4 is 17.7 Å². The summed E-state index contributed by atoms with van der Waals surface area (Å²) in [6.45, 7) is 0. The molecule has 0 amide bonds. The zero-order valence-electron chi connectivity index (χ0n) is 6.53. The van der Waals surface area contributed by atoms with Gasteiger partial charge in [0.25, 0.3) is 0 Å². The Morgan fingerprint density at radius 3 is 3.17 bits per heavy atom. The van der Waals surface area contributed by atoms with Crippen molar-refractivity contribution < 1.29 is 4.79 Å². The molecular weight excluding hydrogens is 152 g/mol. The smallest absolute Gasteiger partial charge is 0.160 e. The Morgan fingerprint density at radius 2 is 2.25 bits per heavy atom. The largest absolute Gasteiger partial charge is 0.294 e. The van der Waals surface area contributed by atoms with Crippen molar-refractivity contribution in [3.05, 3.63) is 23.8 Å². The Morgan fingerprint density at radius 1 is 1.33 bits per heavy atom. The van der Waals surface area contributed by atoms with Crippen molar-refractivity contribution in [1.82, 2.24) is 0 Å². The highest BCUT2D eigenvalue weighted by Gasteiger charge is 2.14. The predicted octanol–water partition coefficient (Wildman–Crippen LogP) is 1.27. The summed E-state index contributed by atoms with van der Waals surface area (Å²) in [6, 6.07) is 0. The predicted molar refractivity (Wildman–Crippen MR) is 47.4 cm³/mol. The molecule has 0 aromatic carbocycles. The van der Waals surface area contributed by atoms with Gasteiger partial charge >= 0.3 is 0 Å². The first-order chi connectivity index (χ1) is 5.86. The maximum Gasteiger partial charge on any atom is 0.160 e. The molecule has 0 saturated heterocycles. The molecule has 1 heterocycles. The number of rotatable bonds is 0. The Labute approximate surface area is 70.2 Å². The van der Waals surface area contributed by atoms with Crippen LogP contribution in [0.25, 0.3) is 0 Å². The third-order valence-electron chi connectivity index (χ3n) is 1.84. The summed E-state index contributed by atoms with van der Waals surface area (Å²) in [5, 5.41) is 7.79. The van der Waals surface area contributed by atoms with Gasteiger partial charge in [-0.2, -0.15) is 10.2 Å². The highest BCUT2D eigenvalue weighted by molar-refractivity contribution is 6.18. The number of nitrogens with zero attached hydrogens (tertiary/aromatic N) is 2. The summed E-state index contributed by atoms with van der Waals surface area (Å²) >= 11 is 0. The van der Waals surface area contributed by atoms with Crippen molar-refractivity contribution in [3.63, 3.8) is 0 Å². The third kappa shape index (κ3) is 1.25. The Balaban J connectivity index is 2.41. The Kier molecular flexibility index (Phi) is 1.70. The number of carbonyl (C=O) groups excluding carboxylic acids is 1. The van der Waals surface area contributed by atoms with Crippen LogP contribution >= 0.6 is 0 Å². The van der Waals surface area contributed by atoms with Gasteiger partial charge in [-0.25, -0.2) is 0 Å². The minimum absolute atomic E-state index is 0.141. The summed E-state index contributed by atoms with van der Waals surface area (Å²) < 4.78 is 0. The van der Waals surface area contributed by atoms with Crippen LogP contribution < -0.4 is 0 Å². The maximum absolute atomic E-state index is 11.0. The molecule has 0 atom stereocenters. The fourth-order valence-electron chi connectivity index (χ4n) is 1.24. The van der Waals surface area contributed by atoms with E-state index in [1.165, 1.54) is 0 Å². The fraction of sp³-hybridized carbons (Fsp3) is 0.222. The second-order valence-electron chi connectivity index (χ2n) is 2.72. The highest BCUT2D eigenvalue weighted by Crippen LogP contribution is 2.15. The van der Waals surface area contributed by atoms with E-state index in [2.05, 4.69) is 10.2 Å². The molecule has 3 nitrogen and oxygen atoms in total. The van der Waals surface area contributed by atoms with Gasteiger partial charge < -0.3 is 0 Å². The minimum Gasteiger partial charge on any atom is -0.294 e. The summed E-state index contributed by atoms with van der Waals surface area (Å²) in [4.78, 5) is 11.0. The number of allylic oxidation sites excluding steroid dienone is 4. The molecule has 0 aromatic heterocycles. The van der Waals surface area contributed by atoms with E-state index >= 15 is 0 Å². The zero-order valence-corrected chi connectivity index (χ0v) is 6.53. The highest BCUT2D eigenvalue weighted by atomic mass is 16.1. The van der Waals surface area contributed by atoms with Gasteiger partial charge in [-0.1, -0.05) is 6.08 Å². The van der Waals surface area contributed by atoms with Crippen LogP contribution in [0.1, 0.15) is 12.8 Å². The van der Waals surface area contributed by atoms with Crippen molar-refractivity contribution in [2.24, 2.45) is 10.2 Å². The molecule has 0 fully saturated rings. The van der Waals surface area contributed by atoms with Crippen LogP contribution in [0.4, 0.5) is 0 Å². The number of hydrogen-bond donors (Lipinski definition) is 0. The van der Waals surface area contributed by atoms with Gasteiger partial charge in [0, 0.05) is 19.1 Å². The molecule has 0 aromatic rings. The molecule has 0 unspecified atom stereocenters. The van der Waals surface area contributed by atoms with Gasteiger partial charge in [0.05, 0.1) is 5.71 Å². The number of ketones is 1. The van der Waals surface area contributed by atoms with Crippen LogP contribution in [0.3, 0.4) is 0 Å². The van der Waals surface area contributed by atoms with E-state index in [1.807, 2.05) is 6.08 Å². The molecule has 1 aliphatic carbocycles. The molecule has 12 heavy (non-hydrogen) atoms. The van der Waals surface area contributed by atoms with E-state index in [-0.39, 0.29) is 5.78 Å². The lowest BCUT2D eigenvalue weighted by Gasteiger charge is -2.07. The zero-order chi connectivity index (χ0) is 8.39. The minimum atomic E-state index is 0.141. The fourth-order valence-corrected chi connectivity index (χ4v) is 1.24. The normalized spacial score (nSPS) is 21.2. The van der Waals surface area contributed by atoms with Crippen molar-refractivity contribution in [2.75, 3.05) is 0 Å². The Bertz CT molecular complexity index is 334. The van der Waals surface area contributed by atoms with Crippen LogP contribution in [-0.4, -0.2) is 17.7 Å². The van der Waals surface area contributed by atoms with Crippen LogP contribution in [0.5, 0.6) is 0 Å². The summed E-state index contributed by atoms with van der Waals surface area (Å²) in [7, 11) is 0. The lowest BCUT2D eigenvalue weighted by atomic mass is 9.97. The molecule has 3 heteroatoms. The quantitative estimate of drug-likeness (QED) is 0.526. The maximum atomic E-state index is 11.0. The molecular formula is C9H8N2O. The molecule has 0 spiro atoms. The molecule has 0 bridgehead atoms. The van der Waals surface area contributed by atoms with Crippen molar-refractivity contribution in [3.8, 4) is 0 Å². The molecule has 0 N–H and O–H groups in total. The SMILES string of the molecule is O=C1C=CC2=NN=CCC=C2C1.